The number of thiophene rings is 1. The van der Waals surface area contributed by atoms with Gasteiger partial charge < -0.3 is 15.5 Å². The normalized spacial score (nSPS) is 11.0. The van der Waals surface area contributed by atoms with Crippen molar-refractivity contribution in [1.82, 2.24) is 10.2 Å². The van der Waals surface area contributed by atoms with E-state index in [4.69, 9.17) is 5.41 Å². The van der Waals surface area contributed by atoms with E-state index in [-0.39, 0.29) is 5.82 Å². The second-order valence-corrected chi connectivity index (χ2v) is 7.90. The molecule has 0 amide bonds. The first kappa shape index (κ1) is 21.4. The van der Waals surface area contributed by atoms with E-state index in [1.54, 1.807) is 17.4 Å². The smallest absolute Gasteiger partial charge is 0.131 e. The highest BCUT2D eigenvalue weighted by atomic mass is 32.1. The lowest BCUT2D eigenvalue weighted by molar-refractivity contribution is 0.423. The Morgan fingerprint density at radius 3 is 2.67 bits per heavy atom. The van der Waals surface area contributed by atoms with Gasteiger partial charge in [0, 0.05) is 23.7 Å². The molecule has 4 nitrogen and oxygen atoms in total. The first-order valence-corrected chi connectivity index (χ1v) is 10.5. The molecule has 1 aromatic carbocycles. The van der Waals surface area contributed by atoms with E-state index >= 15 is 0 Å². The third-order valence-corrected chi connectivity index (χ3v) is 5.74. The van der Waals surface area contributed by atoms with Crippen LogP contribution in [-0.2, 0) is 0 Å². The van der Waals surface area contributed by atoms with Gasteiger partial charge in [-0.3, -0.25) is 5.41 Å². The average molecular weight is 391 g/mol. The molecule has 0 saturated carbocycles. The molecule has 6 heteroatoms. The molecule has 1 heterocycles. The monoisotopic (exact) mass is 390 g/mol. The number of nitrogens with zero attached hydrogens (tertiary/aromatic N) is 1. The second kappa shape index (κ2) is 10.4. The summed E-state index contributed by atoms with van der Waals surface area (Å²) < 4.78 is 13.6. The quantitative estimate of drug-likeness (QED) is 0.289. The topological polar surface area (TPSA) is 51.2 Å². The van der Waals surface area contributed by atoms with Gasteiger partial charge in [-0.25, -0.2) is 4.39 Å². The molecule has 1 aromatic heterocycles. The van der Waals surface area contributed by atoms with Gasteiger partial charge in [0.25, 0.3) is 0 Å². The van der Waals surface area contributed by atoms with Gasteiger partial charge in [0.2, 0.25) is 0 Å². The average Bonchev–Trinajstić information content (AvgIpc) is 3.05. The zero-order chi connectivity index (χ0) is 19.8. The number of amidine groups is 1. The van der Waals surface area contributed by atoms with Gasteiger partial charge in [0.15, 0.2) is 0 Å². The lowest BCUT2D eigenvalue weighted by Crippen LogP contribution is -2.33. The summed E-state index contributed by atoms with van der Waals surface area (Å²) in [7, 11) is 0. The number of halogens is 1. The van der Waals surface area contributed by atoms with Crippen molar-refractivity contribution in [2.45, 2.75) is 40.0 Å². The third kappa shape index (κ3) is 6.04. The van der Waals surface area contributed by atoms with Crippen molar-refractivity contribution < 1.29 is 4.39 Å². The number of hydrogen-bond donors (Lipinski definition) is 3. The molecule has 148 valence electrons. The Hall–Kier alpha value is -1.92. The van der Waals surface area contributed by atoms with Gasteiger partial charge in [-0.2, -0.15) is 0 Å². The lowest BCUT2D eigenvalue weighted by atomic mass is 10.1. The van der Waals surface area contributed by atoms with Crippen molar-refractivity contribution in [2.75, 3.05) is 31.5 Å². The highest BCUT2D eigenvalue weighted by molar-refractivity contribution is 7.16. The maximum absolute atomic E-state index is 13.6. The maximum Gasteiger partial charge on any atom is 0.131 e. The molecule has 0 unspecified atom stereocenters. The van der Waals surface area contributed by atoms with Crippen LogP contribution in [0.4, 0.5) is 15.1 Å². The number of benzene rings is 1. The van der Waals surface area contributed by atoms with Gasteiger partial charge in [-0.15, -0.1) is 11.3 Å². The Bertz CT molecular complexity index is 742. The Kier molecular flexibility index (Phi) is 8.25. The van der Waals surface area contributed by atoms with Crippen LogP contribution in [0.2, 0.25) is 0 Å². The van der Waals surface area contributed by atoms with Crippen molar-refractivity contribution in [3.05, 3.63) is 46.6 Å². The van der Waals surface area contributed by atoms with Crippen molar-refractivity contribution >= 4 is 27.9 Å². The molecule has 27 heavy (non-hydrogen) atoms. The molecule has 0 bridgehead atoms. The minimum atomic E-state index is -0.268. The van der Waals surface area contributed by atoms with Crippen LogP contribution in [0.25, 0.3) is 0 Å². The minimum Gasteiger partial charge on any atom is -0.357 e. The Labute approximate surface area is 166 Å². The van der Waals surface area contributed by atoms with Crippen LogP contribution >= 0.6 is 11.3 Å². The van der Waals surface area contributed by atoms with Crippen LogP contribution in [0.3, 0.4) is 0 Å². The van der Waals surface area contributed by atoms with Crippen LogP contribution in [0.5, 0.6) is 0 Å². The molecular formula is C21H31FN4S. The van der Waals surface area contributed by atoms with E-state index in [2.05, 4.69) is 49.3 Å². The molecule has 2 rings (SSSR count). The van der Waals surface area contributed by atoms with Gasteiger partial charge in [-0.05, 0) is 56.6 Å². The lowest BCUT2D eigenvalue weighted by Gasteiger charge is -2.24. The van der Waals surface area contributed by atoms with E-state index in [0.717, 1.165) is 43.2 Å². The van der Waals surface area contributed by atoms with Crippen LogP contribution in [0.1, 0.15) is 50.5 Å². The summed E-state index contributed by atoms with van der Waals surface area (Å²) in [4.78, 5) is 3.32. The first-order chi connectivity index (χ1) is 13.0. The summed E-state index contributed by atoms with van der Waals surface area (Å²) in [5, 5.41) is 16.3. The molecular weight excluding hydrogens is 359 g/mol. The van der Waals surface area contributed by atoms with Gasteiger partial charge >= 0.3 is 0 Å². The van der Waals surface area contributed by atoms with Crippen molar-refractivity contribution in [1.29, 1.82) is 5.41 Å². The molecule has 0 radical (unpaired) electrons. The minimum absolute atomic E-state index is 0.268. The van der Waals surface area contributed by atoms with Crippen molar-refractivity contribution in [3.8, 4) is 0 Å². The summed E-state index contributed by atoms with van der Waals surface area (Å²) in [6, 6.07) is 8.56. The van der Waals surface area contributed by atoms with E-state index in [1.807, 2.05) is 6.07 Å². The fourth-order valence-electron chi connectivity index (χ4n) is 2.83. The van der Waals surface area contributed by atoms with Gasteiger partial charge in [-0.1, -0.05) is 26.8 Å². The summed E-state index contributed by atoms with van der Waals surface area (Å²) in [5.41, 5.74) is 1.59. The first-order valence-electron chi connectivity index (χ1n) is 9.67. The Balaban J connectivity index is 2.23. The predicted octanol–water partition coefficient (Wildman–Crippen LogP) is 5.40. The predicted molar refractivity (Wildman–Crippen MR) is 115 cm³/mol. The van der Waals surface area contributed by atoms with Crippen LogP contribution in [0, 0.1) is 11.2 Å². The Morgan fingerprint density at radius 2 is 2.04 bits per heavy atom. The highest BCUT2D eigenvalue weighted by Crippen LogP contribution is 2.35. The van der Waals surface area contributed by atoms with E-state index in [1.165, 1.54) is 17.0 Å². The molecule has 0 saturated heterocycles. The summed E-state index contributed by atoms with van der Waals surface area (Å²) in [5.74, 6) is 0.639. The largest absolute Gasteiger partial charge is 0.357 e. The van der Waals surface area contributed by atoms with E-state index in [9.17, 15) is 4.39 Å². The molecule has 2 aromatic rings. The number of nitrogens with one attached hydrogen (secondary N) is 3. The molecule has 0 atom stereocenters. The zero-order valence-corrected chi connectivity index (χ0v) is 17.5. The summed E-state index contributed by atoms with van der Waals surface area (Å²) in [6.07, 6.45) is 0.998. The van der Waals surface area contributed by atoms with Crippen LogP contribution in [-0.4, -0.2) is 36.9 Å². The molecule has 0 fully saturated rings. The van der Waals surface area contributed by atoms with E-state index < -0.39 is 0 Å². The molecule has 0 spiro atoms. The molecule has 0 aliphatic rings. The summed E-state index contributed by atoms with van der Waals surface area (Å²) in [6.45, 7) is 12.0. The number of rotatable bonds is 10. The van der Waals surface area contributed by atoms with Crippen molar-refractivity contribution in [2.24, 2.45) is 0 Å². The number of hydrogen-bond acceptors (Lipinski definition) is 4. The van der Waals surface area contributed by atoms with Crippen molar-refractivity contribution in [3.63, 3.8) is 0 Å². The molecule has 0 aliphatic carbocycles. The zero-order valence-electron chi connectivity index (χ0n) is 16.7. The van der Waals surface area contributed by atoms with Gasteiger partial charge in [0.05, 0.1) is 5.56 Å². The highest BCUT2D eigenvalue weighted by Gasteiger charge is 2.19. The SMILES string of the molecule is CCNCCCN(CC)C(=N)c1cc(C(C)C)sc1Nc1cccc(F)c1. The fraction of sp³-hybridized carbons (Fsp3) is 0.476. The number of anilines is 2. The molecule has 3 N–H and O–H groups in total. The van der Waals surface area contributed by atoms with Crippen LogP contribution < -0.4 is 10.6 Å². The maximum atomic E-state index is 13.6. The Morgan fingerprint density at radius 1 is 1.26 bits per heavy atom. The van der Waals surface area contributed by atoms with E-state index in [0.29, 0.717) is 17.4 Å². The third-order valence-electron chi connectivity index (χ3n) is 4.39. The molecule has 0 aliphatic heterocycles. The second-order valence-electron chi connectivity index (χ2n) is 6.82. The standard InChI is InChI=1S/C21H31FN4S/c1-5-24-11-8-12-26(6-2)20(23)18-14-19(15(3)4)27-21(18)25-17-10-7-9-16(22)13-17/h7,9-10,13-15,23-25H,5-6,8,11-12H2,1-4H3. The fourth-order valence-corrected chi connectivity index (χ4v) is 3.91. The van der Waals surface area contributed by atoms with Crippen LogP contribution in [0.15, 0.2) is 30.3 Å². The van der Waals surface area contributed by atoms with Gasteiger partial charge in [0.1, 0.15) is 16.7 Å². The summed E-state index contributed by atoms with van der Waals surface area (Å²) >= 11 is 1.64.